The smallest absolute Gasteiger partial charge is 0.310 e. The highest BCUT2D eigenvalue weighted by molar-refractivity contribution is 5.76. The van der Waals surface area contributed by atoms with E-state index >= 15 is 0 Å². The Bertz CT molecular complexity index is 1250. The van der Waals surface area contributed by atoms with E-state index in [1.54, 1.807) is 43.3 Å². The molecule has 4 rings (SSSR count). The van der Waals surface area contributed by atoms with Gasteiger partial charge in [0.05, 0.1) is 24.6 Å². The minimum absolute atomic E-state index is 0.0856. The van der Waals surface area contributed by atoms with Gasteiger partial charge in [-0.05, 0) is 54.4 Å². The van der Waals surface area contributed by atoms with Gasteiger partial charge in [-0.25, -0.2) is 23.1 Å². The van der Waals surface area contributed by atoms with Crippen molar-refractivity contribution in [3.63, 3.8) is 0 Å². The first-order valence-corrected chi connectivity index (χ1v) is 10.7. The molecule has 0 unspecified atom stereocenters. The van der Waals surface area contributed by atoms with Gasteiger partial charge in [-0.1, -0.05) is 36.4 Å². The van der Waals surface area contributed by atoms with Crippen molar-refractivity contribution in [2.24, 2.45) is 0 Å². The zero-order valence-electron chi connectivity index (χ0n) is 18.3. The molecule has 0 amide bonds. The Labute approximate surface area is 195 Å². The first-order chi connectivity index (χ1) is 16.4. The third-order valence-corrected chi connectivity index (χ3v) is 5.29. The molecule has 7 heteroatoms. The maximum absolute atomic E-state index is 14.0. The minimum Gasteiger partial charge on any atom is -0.466 e. The number of ether oxygens (including phenoxy) is 1. The maximum atomic E-state index is 14.0. The number of nitrogens with zero attached hydrogens (tertiary/aromatic N) is 2. The molecule has 172 valence electrons. The highest BCUT2D eigenvalue weighted by Gasteiger charge is 2.23. The molecule has 0 bridgehead atoms. The van der Waals surface area contributed by atoms with Gasteiger partial charge in [-0.15, -0.1) is 0 Å². The summed E-state index contributed by atoms with van der Waals surface area (Å²) in [6.07, 6.45) is 1.43. The van der Waals surface area contributed by atoms with Crippen LogP contribution in [0.5, 0.6) is 0 Å². The average molecular weight is 462 g/mol. The minimum atomic E-state index is -0.551. The molecular formula is C27H21F3N2O2. The Balaban J connectivity index is 1.87. The fourth-order valence-electron chi connectivity index (χ4n) is 3.74. The van der Waals surface area contributed by atoms with Crippen molar-refractivity contribution >= 4 is 5.97 Å². The van der Waals surface area contributed by atoms with Crippen LogP contribution >= 0.6 is 0 Å². The van der Waals surface area contributed by atoms with Crippen molar-refractivity contribution < 1.29 is 22.7 Å². The topological polar surface area (TPSA) is 52.1 Å². The Kier molecular flexibility index (Phi) is 7.01. The van der Waals surface area contributed by atoms with Crippen LogP contribution in [0.2, 0.25) is 0 Å². The standard InChI is InChI=1S/C27H21F3N2O2/c1-2-34-24(33)15-20-16-31-27(32-26(20)19-4-3-5-23(30)14-19)25(17-6-10-21(28)11-7-17)18-8-12-22(29)13-9-18/h3-14,16,25H,2,15H2,1H3. The van der Waals surface area contributed by atoms with Crippen LogP contribution in [0, 0.1) is 17.5 Å². The first kappa shape index (κ1) is 23.2. The van der Waals surface area contributed by atoms with E-state index in [4.69, 9.17) is 9.72 Å². The highest BCUT2D eigenvalue weighted by Crippen LogP contribution is 2.32. The van der Waals surface area contributed by atoms with Crippen LogP contribution in [0.25, 0.3) is 11.3 Å². The number of aromatic nitrogens is 2. The summed E-state index contributed by atoms with van der Waals surface area (Å²) < 4.78 is 46.3. The number of carbonyl (C=O) groups excluding carboxylic acids is 1. The molecule has 0 atom stereocenters. The van der Waals surface area contributed by atoms with Gasteiger partial charge in [0.1, 0.15) is 23.3 Å². The molecule has 0 radical (unpaired) electrons. The molecule has 0 aliphatic rings. The number of rotatable bonds is 7. The molecule has 34 heavy (non-hydrogen) atoms. The summed E-state index contributed by atoms with van der Waals surface area (Å²) in [4.78, 5) is 21.4. The predicted molar refractivity (Wildman–Crippen MR) is 122 cm³/mol. The Morgan fingerprint density at radius 1 is 0.882 bits per heavy atom. The van der Waals surface area contributed by atoms with Crippen LogP contribution in [-0.2, 0) is 16.0 Å². The molecule has 4 nitrogen and oxygen atoms in total. The van der Waals surface area contributed by atoms with E-state index in [0.29, 0.717) is 33.8 Å². The highest BCUT2D eigenvalue weighted by atomic mass is 19.1. The van der Waals surface area contributed by atoms with Crippen LogP contribution in [-0.4, -0.2) is 22.5 Å². The summed E-state index contributed by atoms with van der Waals surface area (Å²) in [5.74, 6) is -1.91. The SMILES string of the molecule is CCOC(=O)Cc1cnc(C(c2ccc(F)cc2)c2ccc(F)cc2)nc1-c1cccc(F)c1. The second kappa shape index (κ2) is 10.3. The average Bonchev–Trinajstić information content (AvgIpc) is 2.82. The number of halogens is 3. The van der Waals surface area contributed by atoms with Crippen LogP contribution in [0.4, 0.5) is 13.2 Å². The molecular weight excluding hydrogens is 441 g/mol. The molecule has 0 aliphatic heterocycles. The fraction of sp³-hybridized carbons (Fsp3) is 0.148. The third kappa shape index (κ3) is 5.31. The fourth-order valence-corrected chi connectivity index (χ4v) is 3.74. The van der Waals surface area contributed by atoms with Gasteiger partial charge in [0, 0.05) is 17.3 Å². The lowest BCUT2D eigenvalue weighted by molar-refractivity contribution is -0.142. The number of carbonyl (C=O) groups is 1. The quantitative estimate of drug-likeness (QED) is 0.324. The molecule has 0 spiro atoms. The van der Waals surface area contributed by atoms with E-state index < -0.39 is 29.3 Å². The zero-order valence-corrected chi connectivity index (χ0v) is 18.3. The molecule has 0 saturated heterocycles. The van der Waals surface area contributed by atoms with Gasteiger partial charge >= 0.3 is 5.97 Å². The Hall–Kier alpha value is -4.00. The van der Waals surface area contributed by atoms with Crippen molar-refractivity contribution in [3.05, 3.63) is 119 Å². The van der Waals surface area contributed by atoms with Crippen molar-refractivity contribution in [2.75, 3.05) is 6.61 Å². The monoisotopic (exact) mass is 462 g/mol. The van der Waals surface area contributed by atoms with Gasteiger partial charge in [0.2, 0.25) is 0 Å². The second-order valence-corrected chi connectivity index (χ2v) is 7.63. The van der Waals surface area contributed by atoms with Crippen LogP contribution in [0.3, 0.4) is 0 Å². The largest absolute Gasteiger partial charge is 0.466 e. The van der Waals surface area contributed by atoms with Gasteiger partial charge < -0.3 is 4.74 Å². The van der Waals surface area contributed by atoms with Gasteiger partial charge in [0.15, 0.2) is 0 Å². The molecule has 0 aliphatic carbocycles. The lowest BCUT2D eigenvalue weighted by Crippen LogP contribution is -2.13. The number of hydrogen-bond acceptors (Lipinski definition) is 4. The number of hydrogen-bond donors (Lipinski definition) is 0. The molecule has 1 heterocycles. The van der Waals surface area contributed by atoms with E-state index in [2.05, 4.69) is 4.98 Å². The Morgan fingerprint density at radius 2 is 1.50 bits per heavy atom. The summed E-state index contributed by atoms with van der Waals surface area (Å²) in [5, 5.41) is 0. The van der Waals surface area contributed by atoms with Crippen molar-refractivity contribution in [2.45, 2.75) is 19.3 Å². The summed E-state index contributed by atoms with van der Waals surface area (Å²) in [6.45, 7) is 1.94. The van der Waals surface area contributed by atoms with Crippen molar-refractivity contribution in [1.82, 2.24) is 9.97 Å². The summed E-state index contributed by atoms with van der Waals surface area (Å²) in [5.41, 5.74) is 2.71. The molecule has 4 aromatic rings. The molecule has 0 fully saturated rings. The van der Waals surface area contributed by atoms with Gasteiger partial charge in [-0.3, -0.25) is 4.79 Å². The number of benzene rings is 3. The molecule has 0 N–H and O–H groups in total. The maximum Gasteiger partial charge on any atom is 0.310 e. The van der Waals surface area contributed by atoms with E-state index in [-0.39, 0.29) is 13.0 Å². The van der Waals surface area contributed by atoms with Crippen LogP contribution in [0.1, 0.15) is 35.4 Å². The third-order valence-electron chi connectivity index (χ3n) is 5.29. The summed E-state index contributed by atoms with van der Waals surface area (Å²) in [6, 6.07) is 17.6. The normalized spacial score (nSPS) is 11.0. The van der Waals surface area contributed by atoms with E-state index in [1.165, 1.54) is 42.6 Å². The summed E-state index contributed by atoms with van der Waals surface area (Å²) in [7, 11) is 0. The predicted octanol–water partition coefficient (Wildman–Crippen LogP) is 5.85. The first-order valence-electron chi connectivity index (χ1n) is 10.7. The Morgan fingerprint density at radius 3 is 2.06 bits per heavy atom. The summed E-state index contributed by atoms with van der Waals surface area (Å²) >= 11 is 0. The molecule has 3 aromatic carbocycles. The van der Waals surface area contributed by atoms with Crippen molar-refractivity contribution in [1.29, 1.82) is 0 Å². The van der Waals surface area contributed by atoms with Gasteiger partial charge in [-0.2, -0.15) is 0 Å². The van der Waals surface area contributed by atoms with E-state index in [0.717, 1.165) is 0 Å². The van der Waals surface area contributed by atoms with E-state index in [1.807, 2.05) is 0 Å². The van der Waals surface area contributed by atoms with Gasteiger partial charge in [0.25, 0.3) is 0 Å². The van der Waals surface area contributed by atoms with Crippen LogP contribution < -0.4 is 0 Å². The number of esters is 1. The zero-order chi connectivity index (χ0) is 24.1. The lowest BCUT2D eigenvalue weighted by Gasteiger charge is -2.19. The van der Waals surface area contributed by atoms with Crippen molar-refractivity contribution in [3.8, 4) is 11.3 Å². The molecule has 1 aromatic heterocycles. The molecule has 0 saturated carbocycles. The van der Waals surface area contributed by atoms with Crippen LogP contribution in [0.15, 0.2) is 79.0 Å². The second-order valence-electron chi connectivity index (χ2n) is 7.63. The van der Waals surface area contributed by atoms with E-state index in [9.17, 15) is 18.0 Å². The lowest BCUT2D eigenvalue weighted by atomic mass is 9.90.